The predicted octanol–water partition coefficient (Wildman–Crippen LogP) is 2.79. The molecule has 0 bridgehead atoms. The molecule has 2 aliphatic rings. The van der Waals surface area contributed by atoms with Crippen LogP contribution in [0.2, 0.25) is 5.02 Å². The quantitative estimate of drug-likeness (QED) is 0.750. The molecule has 142 valence electrons. The molecule has 1 heterocycles. The van der Waals surface area contributed by atoms with Crippen LogP contribution >= 0.6 is 11.6 Å². The number of ether oxygens (including phenoxy) is 1. The van der Waals surface area contributed by atoms with Crippen LogP contribution in [0.5, 0.6) is 5.75 Å². The zero-order valence-corrected chi connectivity index (χ0v) is 15.4. The van der Waals surface area contributed by atoms with Crippen LogP contribution in [0.3, 0.4) is 0 Å². The maximum atomic E-state index is 12.6. The molecule has 2 aromatic rings. The van der Waals surface area contributed by atoms with E-state index in [1.165, 1.54) is 6.26 Å². The summed E-state index contributed by atoms with van der Waals surface area (Å²) in [5.74, 6) is 0.554. The second kappa shape index (κ2) is 7.60. The third-order valence-electron chi connectivity index (χ3n) is 4.49. The molecule has 1 aromatic carbocycles. The number of halogens is 1. The van der Waals surface area contributed by atoms with Crippen molar-refractivity contribution in [3.8, 4) is 5.75 Å². The minimum absolute atomic E-state index is 0.0755. The summed E-state index contributed by atoms with van der Waals surface area (Å²) in [6.45, 7) is 0.151. The Morgan fingerprint density at radius 1 is 1.22 bits per heavy atom. The number of oxazole rings is 1. The van der Waals surface area contributed by atoms with Gasteiger partial charge in [0.2, 0.25) is 5.89 Å². The van der Waals surface area contributed by atoms with Crippen molar-refractivity contribution in [1.82, 2.24) is 15.2 Å². The molecule has 0 radical (unpaired) electrons. The average molecular weight is 390 g/mol. The van der Waals surface area contributed by atoms with Crippen LogP contribution in [0.25, 0.3) is 0 Å². The van der Waals surface area contributed by atoms with Crippen molar-refractivity contribution in [3.63, 3.8) is 0 Å². The highest BCUT2D eigenvalue weighted by molar-refractivity contribution is 6.30. The lowest BCUT2D eigenvalue weighted by atomic mass is 10.3. The van der Waals surface area contributed by atoms with Gasteiger partial charge in [0.25, 0.3) is 11.8 Å². The molecule has 8 heteroatoms. The SMILES string of the molecule is O=C(NC1CC1)c1coc(CN(C(=O)COc2ccc(Cl)cc2)C2CC2)n1. The van der Waals surface area contributed by atoms with E-state index in [1.54, 1.807) is 29.2 Å². The lowest BCUT2D eigenvalue weighted by Crippen LogP contribution is -2.36. The Morgan fingerprint density at radius 2 is 1.96 bits per heavy atom. The molecule has 2 fully saturated rings. The van der Waals surface area contributed by atoms with Crippen molar-refractivity contribution in [1.29, 1.82) is 0 Å². The number of benzene rings is 1. The van der Waals surface area contributed by atoms with Gasteiger partial charge in [-0.2, -0.15) is 0 Å². The second-order valence-corrected chi connectivity index (χ2v) is 7.31. The third kappa shape index (κ3) is 4.80. The first-order valence-corrected chi connectivity index (χ1v) is 9.39. The first kappa shape index (κ1) is 17.9. The van der Waals surface area contributed by atoms with Gasteiger partial charge in [-0.15, -0.1) is 0 Å². The molecule has 7 nitrogen and oxygen atoms in total. The zero-order chi connectivity index (χ0) is 18.8. The summed E-state index contributed by atoms with van der Waals surface area (Å²) in [4.78, 5) is 30.5. The molecular weight excluding hydrogens is 370 g/mol. The standard InChI is InChI=1S/C19H20ClN3O4/c20-12-1-7-15(8-2-12)26-11-18(24)23(14-5-6-14)9-17-22-16(10-27-17)19(25)21-13-3-4-13/h1-2,7-8,10,13-14H,3-6,9,11H2,(H,21,25). The normalized spacial score (nSPS) is 16.0. The van der Waals surface area contributed by atoms with E-state index in [0.717, 1.165) is 25.7 Å². The van der Waals surface area contributed by atoms with Gasteiger partial charge in [-0.05, 0) is 49.9 Å². The van der Waals surface area contributed by atoms with Gasteiger partial charge in [-0.1, -0.05) is 11.6 Å². The summed E-state index contributed by atoms with van der Waals surface area (Å²) >= 11 is 5.84. The molecule has 2 aliphatic carbocycles. The van der Waals surface area contributed by atoms with Crippen LogP contribution < -0.4 is 10.1 Å². The van der Waals surface area contributed by atoms with Crippen LogP contribution in [0.1, 0.15) is 42.1 Å². The molecule has 1 N–H and O–H groups in total. The number of nitrogens with one attached hydrogen (secondary N) is 1. The largest absolute Gasteiger partial charge is 0.484 e. The van der Waals surface area contributed by atoms with E-state index in [0.29, 0.717) is 16.7 Å². The summed E-state index contributed by atoms with van der Waals surface area (Å²) < 4.78 is 10.9. The Hall–Kier alpha value is -2.54. The van der Waals surface area contributed by atoms with Crippen molar-refractivity contribution in [3.05, 3.63) is 47.1 Å². The van der Waals surface area contributed by atoms with E-state index >= 15 is 0 Å². The summed E-state index contributed by atoms with van der Waals surface area (Å²) in [7, 11) is 0. The monoisotopic (exact) mass is 389 g/mol. The summed E-state index contributed by atoms with van der Waals surface area (Å²) in [6, 6.07) is 7.28. The van der Waals surface area contributed by atoms with E-state index in [1.807, 2.05) is 0 Å². The van der Waals surface area contributed by atoms with Gasteiger partial charge in [-0.3, -0.25) is 9.59 Å². The van der Waals surface area contributed by atoms with E-state index < -0.39 is 0 Å². The Kier molecular flexibility index (Phi) is 5.03. The fourth-order valence-corrected chi connectivity index (χ4v) is 2.81. The smallest absolute Gasteiger partial charge is 0.273 e. The third-order valence-corrected chi connectivity index (χ3v) is 4.74. The first-order valence-electron chi connectivity index (χ1n) is 9.01. The highest BCUT2D eigenvalue weighted by atomic mass is 35.5. The molecular formula is C19H20ClN3O4. The maximum Gasteiger partial charge on any atom is 0.273 e. The summed E-state index contributed by atoms with van der Waals surface area (Å²) in [6.07, 6.45) is 5.25. The predicted molar refractivity (Wildman–Crippen MR) is 97.5 cm³/mol. The lowest BCUT2D eigenvalue weighted by Gasteiger charge is -2.20. The van der Waals surface area contributed by atoms with Gasteiger partial charge in [0.05, 0.1) is 6.54 Å². The van der Waals surface area contributed by atoms with Crippen LogP contribution in [-0.2, 0) is 11.3 Å². The van der Waals surface area contributed by atoms with E-state index in [-0.39, 0.29) is 42.7 Å². The number of hydrogen-bond donors (Lipinski definition) is 1. The molecule has 2 saturated carbocycles. The van der Waals surface area contributed by atoms with Crippen molar-refractivity contribution in [2.45, 2.75) is 44.3 Å². The van der Waals surface area contributed by atoms with Gasteiger partial charge in [-0.25, -0.2) is 4.98 Å². The van der Waals surface area contributed by atoms with Crippen molar-refractivity contribution in [2.75, 3.05) is 6.61 Å². The number of aromatic nitrogens is 1. The van der Waals surface area contributed by atoms with Gasteiger partial charge >= 0.3 is 0 Å². The minimum Gasteiger partial charge on any atom is -0.484 e. The second-order valence-electron chi connectivity index (χ2n) is 6.87. The Labute approximate surface area is 161 Å². The zero-order valence-electron chi connectivity index (χ0n) is 14.7. The molecule has 2 amide bonds. The van der Waals surface area contributed by atoms with E-state index in [4.69, 9.17) is 20.8 Å². The molecule has 27 heavy (non-hydrogen) atoms. The fourth-order valence-electron chi connectivity index (χ4n) is 2.69. The highest BCUT2D eigenvalue weighted by Crippen LogP contribution is 2.28. The maximum absolute atomic E-state index is 12.6. The van der Waals surface area contributed by atoms with Gasteiger partial charge in [0, 0.05) is 17.1 Å². The number of carbonyl (C=O) groups is 2. The van der Waals surface area contributed by atoms with Crippen LogP contribution in [0.15, 0.2) is 34.9 Å². The van der Waals surface area contributed by atoms with E-state index in [2.05, 4.69) is 10.3 Å². The van der Waals surface area contributed by atoms with Crippen molar-refractivity contribution >= 4 is 23.4 Å². The Bertz CT molecular complexity index is 828. The topological polar surface area (TPSA) is 84.7 Å². The fraction of sp³-hybridized carbons (Fsp3) is 0.421. The van der Waals surface area contributed by atoms with Crippen molar-refractivity contribution in [2.24, 2.45) is 0 Å². The van der Waals surface area contributed by atoms with E-state index in [9.17, 15) is 9.59 Å². The number of amides is 2. The van der Waals surface area contributed by atoms with Gasteiger partial charge < -0.3 is 19.4 Å². The molecule has 0 unspecified atom stereocenters. The molecule has 0 spiro atoms. The molecule has 0 saturated heterocycles. The van der Waals surface area contributed by atoms with Crippen LogP contribution in [0, 0.1) is 0 Å². The highest BCUT2D eigenvalue weighted by Gasteiger charge is 2.34. The summed E-state index contributed by atoms with van der Waals surface area (Å²) in [5, 5.41) is 3.48. The number of hydrogen-bond acceptors (Lipinski definition) is 5. The van der Waals surface area contributed by atoms with Crippen LogP contribution in [0.4, 0.5) is 0 Å². The molecule has 4 rings (SSSR count). The number of rotatable bonds is 8. The number of carbonyl (C=O) groups excluding carboxylic acids is 2. The molecule has 0 atom stereocenters. The molecule has 0 aliphatic heterocycles. The van der Waals surface area contributed by atoms with Gasteiger partial charge in [0.1, 0.15) is 12.0 Å². The van der Waals surface area contributed by atoms with Crippen molar-refractivity contribution < 1.29 is 18.7 Å². The number of nitrogens with zero attached hydrogens (tertiary/aromatic N) is 2. The Morgan fingerprint density at radius 3 is 2.63 bits per heavy atom. The molecule has 1 aromatic heterocycles. The van der Waals surface area contributed by atoms with Gasteiger partial charge in [0.15, 0.2) is 12.3 Å². The summed E-state index contributed by atoms with van der Waals surface area (Å²) in [5.41, 5.74) is 0.248. The Balaban J connectivity index is 1.34. The minimum atomic E-state index is -0.233. The van der Waals surface area contributed by atoms with Crippen LogP contribution in [-0.4, -0.2) is 40.4 Å². The first-order chi connectivity index (χ1) is 13.1. The average Bonchev–Trinajstić information content (AvgIpc) is 3.59. The lowest BCUT2D eigenvalue weighted by molar-refractivity contribution is -0.134.